The molecule has 3 aromatic rings. The lowest BCUT2D eigenvalue weighted by molar-refractivity contribution is -0.117. The molecule has 0 radical (unpaired) electrons. The highest BCUT2D eigenvalue weighted by atomic mass is 35.5. The van der Waals surface area contributed by atoms with E-state index in [1.54, 1.807) is 17.8 Å². The Morgan fingerprint density at radius 2 is 1.93 bits per heavy atom. The molecule has 0 fully saturated rings. The Balaban J connectivity index is 1.66. The van der Waals surface area contributed by atoms with Crippen LogP contribution in [0.25, 0.3) is 0 Å². The molecule has 1 aromatic heterocycles. The second-order valence-corrected chi connectivity index (χ2v) is 7.17. The van der Waals surface area contributed by atoms with Gasteiger partial charge in [-0.05, 0) is 17.2 Å². The normalized spacial score (nSPS) is 15.6. The number of aryl methyl sites for hydroxylation is 1. The van der Waals surface area contributed by atoms with E-state index < -0.39 is 0 Å². The lowest BCUT2D eigenvalue weighted by Crippen LogP contribution is -2.25. The first-order valence-electron chi connectivity index (χ1n) is 8.98. The van der Waals surface area contributed by atoms with Gasteiger partial charge in [0, 0.05) is 30.0 Å². The number of carbonyl (C=O) groups is 2. The van der Waals surface area contributed by atoms with Gasteiger partial charge in [-0.3, -0.25) is 14.3 Å². The standard InChI is InChI=1S/C21H19ClN4O2/c1-26-21-19(15(12-18(28)24-21)13-7-3-2-4-8-13)20(25-26)23-17(27)11-14-9-5-6-10-16(14)22/h2-10,15H,11-12H2,1H3,(H,24,28)(H,23,25,27)/t15-/m1/s1. The van der Waals surface area contributed by atoms with Gasteiger partial charge >= 0.3 is 0 Å². The zero-order valence-electron chi connectivity index (χ0n) is 15.3. The quantitative estimate of drug-likeness (QED) is 0.708. The van der Waals surface area contributed by atoms with E-state index in [2.05, 4.69) is 15.7 Å². The monoisotopic (exact) mass is 394 g/mol. The number of aromatic nitrogens is 2. The molecule has 4 rings (SSSR count). The number of carbonyl (C=O) groups excluding carboxylic acids is 2. The van der Waals surface area contributed by atoms with Crippen molar-refractivity contribution in [2.75, 3.05) is 10.6 Å². The van der Waals surface area contributed by atoms with E-state index in [1.165, 1.54) is 0 Å². The third-order valence-corrected chi connectivity index (χ3v) is 5.22. The van der Waals surface area contributed by atoms with Gasteiger partial charge in [0.1, 0.15) is 5.82 Å². The molecule has 0 aliphatic carbocycles. The van der Waals surface area contributed by atoms with Gasteiger partial charge in [-0.2, -0.15) is 5.10 Å². The minimum Gasteiger partial charge on any atom is -0.311 e. The number of halogens is 1. The first-order chi connectivity index (χ1) is 13.5. The largest absolute Gasteiger partial charge is 0.311 e. The molecule has 2 N–H and O–H groups in total. The Labute approximate surface area is 167 Å². The molecule has 2 amide bonds. The van der Waals surface area contributed by atoms with Crippen LogP contribution in [0.3, 0.4) is 0 Å². The van der Waals surface area contributed by atoms with E-state index in [0.29, 0.717) is 23.1 Å². The highest BCUT2D eigenvalue weighted by Gasteiger charge is 2.33. The maximum Gasteiger partial charge on any atom is 0.230 e. The molecule has 0 saturated heterocycles. The van der Waals surface area contributed by atoms with Gasteiger partial charge in [0.25, 0.3) is 0 Å². The Morgan fingerprint density at radius 3 is 2.68 bits per heavy atom. The van der Waals surface area contributed by atoms with Gasteiger partial charge in [0.2, 0.25) is 11.8 Å². The highest BCUT2D eigenvalue weighted by Crippen LogP contribution is 2.41. The minimum absolute atomic E-state index is 0.0710. The summed E-state index contributed by atoms with van der Waals surface area (Å²) >= 11 is 6.16. The number of nitrogens with one attached hydrogen (secondary N) is 2. The van der Waals surface area contributed by atoms with Gasteiger partial charge < -0.3 is 10.6 Å². The van der Waals surface area contributed by atoms with Crippen LogP contribution in [0.2, 0.25) is 5.02 Å². The Morgan fingerprint density at radius 1 is 1.21 bits per heavy atom. The molecule has 0 unspecified atom stereocenters. The summed E-state index contributed by atoms with van der Waals surface area (Å²) in [4.78, 5) is 24.8. The number of hydrogen-bond acceptors (Lipinski definition) is 3. The van der Waals surface area contributed by atoms with Crippen molar-refractivity contribution < 1.29 is 9.59 Å². The summed E-state index contributed by atoms with van der Waals surface area (Å²) in [6, 6.07) is 17.0. The van der Waals surface area contributed by atoms with E-state index >= 15 is 0 Å². The van der Waals surface area contributed by atoms with E-state index in [1.807, 2.05) is 48.5 Å². The number of benzene rings is 2. The van der Waals surface area contributed by atoms with Crippen molar-refractivity contribution in [1.82, 2.24) is 9.78 Å². The van der Waals surface area contributed by atoms with Crippen LogP contribution in [0.4, 0.5) is 11.6 Å². The van der Waals surface area contributed by atoms with Crippen LogP contribution in [-0.2, 0) is 23.1 Å². The predicted molar refractivity (Wildman–Crippen MR) is 109 cm³/mol. The average molecular weight is 395 g/mol. The zero-order chi connectivity index (χ0) is 19.7. The van der Waals surface area contributed by atoms with Crippen LogP contribution >= 0.6 is 11.6 Å². The molecule has 2 aromatic carbocycles. The van der Waals surface area contributed by atoms with Crippen molar-refractivity contribution in [1.29, 1.82) is 0 Å². The summed E-state index contributed by atoms with van der Waals surface area (Å²) in [5, 5.41) is 10.8. The minimum atomic E-state index is -0.210. The number of amides is 2. The first kappa shape index (κ1) is 18.3. The van der Waals surface area contributed by atoms with Crippen LogP contribution in [0.1, 0.15) is 29.0 Å². The summed E-state index contributed by atoms with van der Waals surface area (Å²) in [6.45, 7) is 0. The van der Waals surface area contributed by atoms with Gasteiger partial charge in [0.15, 0.2) is 5.82 Å². The van der Waals surface area contributed by atoms with Gasteiger partial charge in [-0.25, -0.2) is 0 Å². The number of hydrogen-bond donors (Lipinski definition) is 2. The van der Waals surface area contributed by atoms with E-state index in [-0.39, 0.29) is 24.2 Å². The Kier molecular flexibility index (Phi) is 4.88. The van der Waals surface area contributed by atoms with Crippen molar-refractivity contribution in [2.24, 2.45) is 7.05 Å². The van der Waals surface area contributed by atoms with E-state index in [4.69, 9.17) is 11.6 Å². The van der Waals surface area contributed by atoms with Crippen LogP contribution in [0, 0.1) is 0 Å². The summed E-state index contributed by atoms with van der Waals surface area (Å²) < 4.78 is 1.59. The van der Waals surface area contributed by atoms with Crippen molar-refractivity contribution in [3.8, 4) is 0 Å². The summed E-state index contributed by atoms with van der Waals surface area (Å²) in [7, 11) is 1.75. The van der Waals surface area contributed by atoms with Crippen molar-refractivity contribution in [2.45, 2.75) is 18.8 Å². The Hall–Kier alpha value is -3.12. The molecule has 142 valence electrons. The summed E-state index contributed by atoms with van der Waals surface area (Å²) in [5.41, 5.74) is 2.58. The molecular formula is C21H19ClN4O2. The SMILES string of the molecule is Cn1nc(NC(=O)Cc2ccccc2Cl)c2c1NC(=O)C[C@@H]2c1ccccc1. The molecule has 1 atom stereocenters. The van der Waals surface area contributed by atoms with Crippen molar-refractivity contribution in [3.63, 3.8) is 0 Å². The molecule has 0 bridgehead atoms. The summed E-state index contributed by atoms with van der Waals surface area (Å²) in [5.74, 6) is 0.617. The van der Waals surface area contributed by atoms with Gasteiger partial charge in [-0.1, -0.05) is 60.1 Å². The fourth-order valence-corrected chi connectivity index (χ4v) is 3.74. The molecule has 2 heterocycles. The lowest BCUT2D eigenvalue weighted by atomic mass is 9.86. The topological polar surface area (TPSA) is 76.0 Å². The Bertz CT molecular complexity index is 1050. The first-order valence-corrected chi connectivity index (χ1v) is 9.35. The number of fused-ring (bicyclic) bond motifs is 1. The molecule has 0 spiro atoms. The van der Waals surface area contributed by atoms with Crippen LogP contribution in [0.5, 0.6) is 0 Å². The molecule has 7 heteroatoms. The maximum atomic E-state index is 12.6. The third-order valence-electron chi connectivity index (χ3n) is 4.85. The molecule has 1 aliphatic rings. The summed E-state index contributed by atoms with van der Waals surface area (Å²) in [6.07, 6.45) is 0.448. The molecule has 0 saturated carbocycles. The second kappa shape index (κ2) is 7.48. The lowest BCUT2D eigenvalue weighted by Gasteiger charge is -2.24. The molecular weight excluding hydrogens is 376 g/mol. The van der Waals surface area contributed by atoms with Gasteiger partial charge in [0.05, 0.1) is 6.42 Å². The van der Waals surface area contributed by atoms with Gasteiger partial charge in [-0.15, -0.1) is 0 Å². The molecule has 1 aliphatic heterocycles. The van der Waals surface area contributed by atoms with Crippen molar-refractivity contribution in [3.05, 3.63) is 76.3 Å². The third kappa shape index (κ3) is 3.51. The fourth-order valence-electron chi connectivity index (χ4n) is 3.54. The fraction of sp³-hybridized carbons (Fsp3) is 0.190. The number of rotatable bonds is 4. The average Bonchev–Trinajstić information content (AvgIpc) is 2.99. The number of nitrogens with zero attached hydrogens (tertiary/aromatic N) is 2. The second-order valence-electron chi connectivity index (χ2n) is 6.77. The highest BCUT2D eigenvalue weighted by molar-refractivity contribution is 6.31. The maximum absolute atomic E-state index is 12.6. The van der Waals surface area contributed by atoms with Crippen molar-refractivity contribution >= 4 is 35.1 Å². The van der Waals surface area contributed by atoms with Crippen LogP contribution in [-0.4, -0.2) is 21.6 Å². The number of anilines is 2. The molecule has 6 nitrogen and oxygen atoms in total. The zero-order valence-corrected chi connectivity index (χ0v) is 16.0. The predicted octanol–water partition coefficient (Wildman–Crippen LogP) is 3.73. The van der Waals surface area contributed by atoms with E-state index in [0.717, 1.165) is 16.7 Å². The molecule has 28 heavy (non-hydrogen) atoms. The van der Waals surface area contributed by atoms with Crippen LogP contribution in [0.15, 0.2) is 54.6 Å². The van der Waals surface area contributed by atoms with Crippen LogP contribution < -0.4 is 10.6 Å². The smallest absolute Gasteiger partial charge is 0.230 e. The van der Waals surface area contributed by atoms with E-state index in [9.17, 15) is 9.59 Å².